The number of nitrogens with one attached hydrogen (secondary N) is 4. The Morgan fingerprint density at radius 2 is 1.42 bits per heavy atom. The van der Waals surface area contributed by atoms with Gasteiger partial charge in [-0.2, -0.15) is 0 Å². The van der Waals surface area contributed by atoms with Gasteiger partial charge in [-0.25, -0.2) is 4.79 Å². The van der Waals surface area contributed by atoms with Crippen LogP contribution in [0.3, 0.4) is 0 Å². The van der Waals surface area contributed by atoms with Crippen molar-refractivity contribution in [2.45, 2.75) is 20.3 Å². The number of amides is 4. The molecule has 0 spiro atoms. The molecule has 0 saturated carbocycles. The molecule has 0 aliphatic rings. The van der Waals surface area contributed by atoms with Crippen molar-refractivity contribution in [2.75, 3.05) is 22.5 Å². The van der Waals surface area contributed by atoms with Gasteiger partial charge in [-0.3, -0.25) is 9.59 Å². The highest BCUT2D eigenvalue weighted by Crippen LogP contribution is 2.13. The van der Waals surface area contributed by atoms with E-state index in [-0.39, 0.29) is 18.4 Å². The number of rotatable bonds is 6. The van der Waals surface area contributed by atoms with Crippen LogP contribution < -0.4 is 21.3 Å². The highest BCUT2D eigenvalue weighted by Gasteiger charge is 2.07. The molecule has 2 aromatic rings. The monoisotopic (exact) mass is 354 g/mol. The Labute approximate surface area is 152 Å². The van der Waals surface area contributed by atoms with Gasteiger partial charge < -0.3 is 21.3 Å². The van der Waals surface area contributed by atoms with Crippen LogP contribution in [0.5, 0.6) is 0 Å². The van der Waals surface area contributed by atoms with E-state index in [9.17, 15) is 14.4 Å². The van der Waals surface area contributed by atoms with Crippen molar-refractivity contribution in [3.63, 3.8) is 0 Å². The number of hydrogen-bond donors (Lipinski definition) is 4. The lowest BCUT2D eigenvalue weighted by molar-refractivity contribution is -0.116. The van der Waals surface area contributed by atoms with Crippen molar-refractivity contribution in [1.82, 2.24) is 5.32 Å². The summed E-state index contributed by atoms with van der Waals surface area (Å²) in [5.74, 6) is -0.430. The summed E-state index contributed by atoms with van der Waals surface area (Å²) in [6, 6.07) is 13.7. The third-order valence-corrected chi connectivity index (χ3v) is 3.46. The Bertz CT molecular complexity index is 788. The number of benzene rings is 2. The third-order valence-electron chi connectivity index (χ3n) is 3.46. The first-order valence-electron chi connectivity index (χ1n) is 8.27. The van der Waals surface area contributed by atoms with Crippen LogP contribution in [0.4, 0.5) is 21.9 Å². The molecule has 7 nitrogen and oxygen atoms in total. The van der Waals surface area contributed by atoms with Gasteiger partial charge in [-0.15, -0.1) is 0 Å². The van der Waals surface area contributed by atoms with Crippen LogP contribution in [-0.4, -0.2) is 24.4 Å². The van der Waals surface area contributed by atoms with Crippen LogP contribution in [0.2, 0.25) is 0 Å². The minimum atomic E-state index is -0.455. The highest BCUT2D eigenvalue weighted by molar-refractivity contribution is 5.97. The maximum atomic E-state index is 11.9. The molecule has 0 radical (unpaired) electrons. The van der Waals surface area contributed by atoms with Crippen molar-refractivity contribution < 1.29 is 14.4 Å². The fourth-order valence-electron chi connectivity index (χ4n) is 2.15. The summed E-state index contributed by atoms with van der Waals surface area (Å²) in [4.78, 5) is 35.0. The van der Waals surface area contributed by atoms with Crippen LogP contribution in [-0.2, 0) is 9.59 Å². The van der Waals surface area contributed by atoms with E-state index in [0.29, 0.717) is 23.5 Å². The largest absolute Gasteiger partial charge is 0.329 e. The fourth-order valence-corrected chi connectivity index (χ4v) is 2.15. The van der Waals surface area contributed by atoms with Crippen LogP contribution in [0.25, 0.3) is 0 Å². The first kappa shape index (κ1) is 19.0. The molecule has 136 valence electrons. The summed E-state index contributed by atoms with van der Waals surface area (Å²) >= 11 is 0. The summed E-state index contributed by atoms with van der Waals surface area (Å²) in [7, 11) is 0. The van der Waals surface area contributed by atoms with Gasteiger partial charge in [-0.1, -0.05) is 19.1 Å². The van der Waals surface area contributed by atoms with Gasteiger partial charge in [0.25, 0.3) is 0 Å². The summed E-state index contributed by atoms with van der Waals surface area (Å²) in [5, 5.41) is 10.6. The van der Waals surface area contributed by atoms with E-state index in [1.165, 1.54) is 0 Å². The van der Waals surface area contributed by atoms with E-state index in [1.54, 1.807) is 37.3 Å². The summed E-state index contributed by atoms with van der Waals surface area (Å²) in [6.07, 6.45) is 0.398. The van der Waals surface area contributed by atoms with E-state index >= 15 is 0 Å². The molecule has 0 aromatic heterocycles. The number of urea groups is 1. The number of aryl methyl sites for hydroxylation is 1. The van der Waals surface area contributed by atoms with Crippen LogP contribution in [0.15, 0.2) is 48.5 Å². The van der Waals surface area contributed by atoms with E-state index in [0.717, 1.165) is 5.56 Å². The summed E-state index contributed by atoms with van der Waals surface area (Å²) in [6.45, 7) is 3.54. The van der Waals surface area contributed by atoms with Gasteiger partial charge in [0.2, 0.25) is 11.8 Å². The average Bonchev–Trinajstić information content (AvgIpc) is 2.61. The Balaban J connectivity index is 1.77. The van der Waals surface area contributed by atoms with Gasteiger partial charge in [0, 0.05) is 23.5 Å². The van der Waals surface area contributed by atoms with Gasteiger partial charge in [0.1, 0.15) is 0 Å². The van der Waals surface area contributed by atoms with Crippen LogP contribution in [0.1, 0.15) is 18.9 Å². The Kier molecular flexibility index (Phi) is 6.73. The maximum absolute atomic E-state index is 11.9. The lowest BCUT2D eigenvalue weighted by Crippen LogP contribution is -2.35. The maximum Gasteiger partial charge on any atom is 0.319 e. The second kappa shape index (κ2) is 9.22. The van der Waals surface area contributed by atoms with Crippen LogP contribution in [0, 0.1) is 6.92 Å². The SMILES string of the molecule is CCC(=O)Nc1ccc(NC(=O)CNC(=O)Nc2cccc(C)c2)cc1. The Hall–Kier alpha value is -3.35. The minimum Gasteiger partial charge on any atom is -0.329 e. The van der Waals surface area contributed by atoms with Crippen LogP contribution >= 0.6 is 0 Å². The Morgan fingerprint density at radius 1 is 0.808 bits per heavy atom. The molecule has 0 saturated heterocycles. The molecular formula is C19H22N4O3. The zero-order valence-electron chi connectivity index (χ0n) is 14.8. The first-order chi connectivity index (χ1) is 12.5. The zero-order valence-corrected chi connectivity index (χ0v) is 14.8. The van der Waals surface area contributed by atoms with E-state index in [2.05, 4.69) is 21.3 Å². The molecule has 0 heterocycles. The molecule has 4 amide bonds. The highest BCUT2D eigenvalue weighted by atomic mass is 16.2. The molecular weight excluding hydrogens is 332 g/mol. The molecule has 0 aliphatic heterocycles. The predicted molar refractivity (Wildman–Crippen MR) is 102 cm³/mol. The van der Waals surface area contributed by atoms with Crippen molar-refractivity contribution in [3.8, 4) is 0 Å². The lowest BCUT2D eigenvalue weighted by atomic mass is 10.2. The average molecular weight is 354 g/mol. The van der Waals surface area contributed by atoms with E-state index in [4.69, 9.17) is 0 Å². The molecule has 2 aromatic carbocycles. The quantitative estimate of drug-likeness (QED) is 0.641. The topological polar surface area (TPSA) is 99.3 Å². The number of anilines is 3. The number of carbonyl (C=O) groups excluding carboxylic acids is 3. The minimum absolute atomic E-state index is 0.0781. The predicted octanol–water partition coefficient (Wildman–Crippen LogP) is 3.10. The van der Waals surface area contributed by atoms with Crippen molar-refractivity contribution in [1.29, 1.82) is 0 Å². The van der Waals surface area contributed by atoms with Gasteiger partial charge in [-0.05, 0) is 48.9 Å². The van der Waals surface area contributed by atoms with Gasteiger partial charge in [0.05, 0.1) is 6.54 Å². The van der Waals surface area contributed by atoms with E-state index < -0.39 is 6.03 Å². The molecule has 26 heavy (non-hydrogen) atoms. The smallest absolute Gasteiger partial charge is 0.319 e. The van der Waals surface area contributed by atoms with E-state index in [1.807, 2.05) is 25.1 Å². The first-order valence-corrected chi connectivity index (χ1v) is 8.27. The molecule has 7 heteroatoms. The summed E-state index contributed by atoms with van der Waals surface area (Å²) < 4.78 is 0. The molecule has 0 bridgehead atoms. The molecule has 4 N–H and O–H groups in total. The molecule has 0 aliphatic carbocycles. The zero-order chi connectivity index (χ0) is 18.9. The summed E-state index contributed by atoms with van der Waals surface area (Å²) in [5.41, 5.74) is 2.92. The number of hydrogen-bond acceptors (Lipinski definition) is 3. The van der Waals surface area contributed by atoms with Crippen molar-refractivity contribution >= 4 is 34.9 Å². The lowest BCUT2D eigenvalue weighted by Gasteiger charge is -2.09. The normalized spacial score (nSPS) is 9.92. The second-order valence-electron chi connectivity index (χ2n) is 5.70. The standard InChI is InChI=1S/C19H22N4O3/c1-3-17(24)21-14-7-9-15(10-8-14)22-18(25)12-20-19(26)23-16-6-4-5-13(2)11-16/h4-11H,3,12H2,1-2H3,(H,21,24)(H,22,25)(H2,20,23,26). The molecule has 2 rings (SSSR count). The number of carbonyl (C=O) groups is 3. The molecule has 0 fully saturated rings. The Morgan fingerprint density at radius 3 is 2.00 bits per heavy atom. The molecule has 0 atom stereocenters. The van der Waals surface area contributed by atoms with Gasteiger partial charge >= 0.3 is 6.03 Å². The van der Waals surface area contributed by atoms with Gasteiger partial charge in [0.15, 0.2) is 0 Å². The second-order valence-corrected chi connectivity index (χ2v) is 5.70. The fraction of sp³-hybridized carbons (Fsp3) is 0.211. The van der Waals surface area contributed by atoms with Crippen molar-refractivity contribution in [2.24, 2.45) is 0 Å². The molecule has 0 unspecified atom stereocenters. The van der Waals surface area contributed by atoms with Crippen molar-refractivity contribution in [3.05, 3.63) is 54.1 Å². The third kappa shape index (κ3) is 6.27.